The molecule has 0 fully saturated rings. The van der Waals surface area contributed by atoms with Crippen LogP contribution in [0.2, 0.25) is 0 Å². The van der Waals surface area contributed by atoms with Crippen molar-refractivity contribution >= 4 is 17.7 Å². The molecule has 7 nitrogen and oxygen atoms in total. The van der Waals surface area contributed by atoms with Gasteiger partial charge in [0.1, 0.15) is 17.3 Å². The van der Waals surface area contributed by atoms with Gasteiger partial charge < -0.3 is 19.4 Å². The number of fused-ring (bicyclic) bond motifs is 1. The Labute approximate surface area is 181 Å². The van der Waals surface area contributed by atoms with Crippen molar-refractivity contribution in [1.82, 2.24) is 14.8 Å². The number of aryl methyl sites for hydroxylation is 1. The maximum absolute atomic E-state index is 12.4. The van der Waals surface area contributed by atoms with Crippen molar-refractivity contribution in [2.24, 2.45) is 0 Å². The predicted octanol–water partition coefficient (Wildman–Crippen LogP) is 4.34. The van der Waals surface area contributed by atoms with Crippen LogP contribution < -0.4 is 14.8 Å². The molecule has 1 aromatic heterocycles. The molecule has 2 aromatic carbocycles. The third-order valence-electron chi connectivity index (χ3n) is 5.32. The number of rotatable bonds is 6. The lowest BCUT2D eigenvalue weighted by Crippen LogP contribution is -2.07. The number of carbonyl (C=O) groups excluding carboxylic acids is 1. The molecule has 1 aliphatic rings. The number of nitrogens with zero attached hydrogens (tertiary/aromatic N) is 3. The van der Waals surface area contributed by atoms with Crippen LogP contribution in [-0.2, 0) is 17.8 Å². The number of amides is 1. The number of hydrogen-bond donors (Lipinski definition) is 1. The first-order valence-corrected chi connectivity index (χ1v) is 10.4. The quantitative estimate of drug-likeness (QED) is 0.603. The second kappa shape index (κ2) is 9.47. The number of anilines is 1. The lowest BCUT2D eigenvalue weighted by Gasteiger charge is -2.08. The number of benzene rings is 2. The largest absolute Gasteiger partial charge is 0.497 e. The summed E-state index contributed by atoms with van der Waals surface area (Å²) in [6.45, 7) is 0.954. The Bertz CT molecular complexity index is 1060. The van der Waals surface area contributed by atoms with Crippen molar-refractivity contribution in [1.29, 1.82) is 0 Å². The van der Waals surface area contributed by atoms with E-state index in [-0.39, 0.29) is 5.91 Å². The van der Waals surface area contributed by atoms with Crippen molar-refractivity contribution in [3.05, 3.63) is 59.9 Å². The summed E-state index contributed by atoms with van der Waals surface area (Å²) in [7, 11) is 3.19. The number of methoxy groups -OCH3 is 2. The van der Waals surface area contributed by atoms with Crippen LogP contribution in [0.5, 0.6) is 11.5 Å². The smallest absolute Gasteiger partial charge is 0.248 e. The number of nitrogens with one attached hydrogen (secondary N) is 1. The summed E-state index contributed by atoms with van der Waals surface area (Å²) < 4.78 is 12.7. The molecule has 0 aliphatic carbocycles. The molecule has 0 bridgehead atoms. The van der Waals surface area contributed by atoms with Crippen LogP contribution in [0.3, 0.4) is 0 Å². The van der Waals surface area contributed by atoms with Gasteiger partial charge in [-0.15, -0.1) is 10.2 Å². The molecular formula is C24H26N4O3. The van der Waals surface area contributed by atoms with E-state index in [1.807, 2.05) is 36.4 Å². The second-order valence-corrected chi connectivity index (χ2v) is 7.45. The van der Waals surface area contributed by atoms with E-state index < -0.39 is 0 Å². The monoisotopic (exact) mass is 418 g/mol. The zero-order chi connectivity index (χ0) is 21.6. The van der Waals surface area contributed by atoms with Crippen LogP contribution in [0, 0.1) is 0 Å². The van der Waals surface area contributed by atoms with Gasteiger partial charge in [-0.1, -0.05) is 6.42 Å². The molecule has 1 amide bonds. The van der Waals surface area contributed by atoms with Gasteiger partial charge in [-0.25, -0.2) is 0 Å². The molecule has 0 atom stereocenters. The van der Waals surface area contributed by atoms with Crippen LogP contribution in [0.1, 0.15) is 30.7 Å². The van der Waals surface area contributed by atoms with Gasteiger partial charge in [0.05, 0.1) is 14.2 Å². The SMILES string of the molecule is COc1cc(/C=C/C(=O)Nc2ccc(-c3nnc4n3CCCCC4)cc2)cc(OC)c1. The van der Waals surface area contributed by atoms with E-state index in [4.69, 9.17) is 9.47 Å². The number of aromatic nitrogens is 3. The topological polar surface area (TPSA) is 78.3 Å². The van der Waals surface area contributed by atoms with Gasteiger partial charge in [0.2, 0.25) is 5.91 Å². The van der Waals surface area contributed by atoms with Gasteiger partial charge in [0.15, 0.2) is 5.82 Å². The van der Waals surface area contributed by atoms with Crippen molar-refractivity contribution in [2.75, 3.05) is 19.5 Å². The zero-order valence-corrected chi connectivity index (χ0v) is 17.8. The third-order valence-corrected chi connectivity index (χ3v) is 5.32. The van der Waals surface area contributed by atoms with E-state index in [2.05, 4.69) is 20.1 Å². The van der Waals surface area contributed by atoms with E-state index in [9.17, 15) is 4.79 Å². The fraction of sp³-hybridized carbons (Fsp3) is 0.292. The lowest BCUT2D eigenvalue weighted by atomic mass is 10.1. The first-order valence-electron chi connectivity index (χ1n) is 10.4. The standard InChI is InChI=1S/C24H26N4O3/c1-30-20-14-17(15-21(16-20)31-2)7-12-23(29)25-19-10-8-18(9-11-19)24-27-26-22-6-4-3-5-13-28(22)24/h7-12,14-16H,3-6,13H2,1-2H3,(H,25,29)/b12-7+. The van der Waals surface area contributed by atoms with E-state index in [1.165, 1.54) is 18.9 Å². The Hall–Kier alpha value is -3.61. The van der Waals surface area contributed by atoms with Crippen LogP contribution in [0.15, 0.2) is 48.5 Å². The first-order chi connectivity index (χ1) is 15.2. The molecule has 0 unspecified atom stereocenters. The van der Waals surface area contributed by atoms with E-state index in [0.717, 1.165) is 47.8 Å². The molecule has 0 saturated carbocycles. The van der Waals surface area contributed by atoms with E-state index in [0.29, 0.717) is 11.5 Å². The minimum atomic E-state index is -0.217. The summed E-state index contributed by atoms with van der Waals surface area (Å²) >= 11 is 0. The van der Waals surface area contributed by atoms with E-state index >= 15 is 0 Å². The summed E-state index contributed by atoms with van der Waals surface area (Å²) in [4.78, 5) is 12.4. The average molecular weight is 418 g/mol. The van der Waals surface area contributed by atoms with Crippen LogP contribution in [0.4, 0.5) is 5.69 Å². The van der Waals surface area contributed by atoms with Crippen LogP contribution >= 0.6 is 0 Å². The Balaban J connectivity index is 1.43. The molecule has 4 rings (SSSR count). The zero-order valence-electron chi connectivity index (χ0n) is 17.8. The molecule has 1 N–H and O–H groups in total. The van der Waals surface area contributed by atoms with Crippen molar-refractivity contribution in [3.8, 4) is 22.9 Å². The highest BCUT2D eigenvalue weighted by atomic mass is 16.5. The summed E-state index contributed by atoms with van der Waals surface area (Å²) in [6, 6.07) is 13.2. The van der Waals surface area contributed by atoms with Crippen LogP contribution in [0.25, 0.3) is 17.5 Å². The maximum Gasteiger partial charge on any atom is 0.248 e. The number of carbonyl (C=O) groups is 1. The predicted molar refractivity (Wildman–Crippen MR) is 120 cm³/mol. The molecule has 160 valence electrons. The van der Waals surface area contributed by atoms with E-state index in [1.54, 1.807) is 26.4 Å². The normalized spacial score (nSPS) is 13.5. The van der Waals surface area contributed by atoms with Gasteiger partial charge >= 0.3 is 0 Å². The molecule has 0 saturated heterocycles. The highest BCUT2D eigenvalue weighted by Gasteiger charge is 2.15. The number of hydrogen-bond acceptors (Lipinski definition) is 5. The molecule has 0 spiro atoms. The molecular weight excluding hydrogens is 392 g/mol. The van der Waals surface area contributed by atoms with Crippen molar-refractivity contribution in [3.63, 3.8) is 0 Å². The third kappa shape index (κ3) is 4.94. The van der Waals surface area contributed by atoms with Gasteiger partial charge in [-0.3, -0.25) is 4.79 Å². The molecule has 31 heavy (non-hydrogen) atoms. The lowest BCUT2D eigenvalue weighted by molar-refractivity contribution is -0.111. The average Bonchev–Trinajstić information content (AvgIpc) is 3.05. The minimum absolute atomic E-state index is 0.217. The Morgan fingerprint density at radius 1 is 1.00 bits per heavy atom. The van der Waals surface area contributed by atoms with Crippen molar-refractivity contribution in [2.45, 2.75) is 32.2 Å². The van der Waals surface area contributed by atoms with Crippen LogP contribution in [-0.4, -0.2) is 34.9 Å². The van der Waals surface area contributed by atoms with Gasteiger partial charge in [-0.2, -0.15) is 0 Å². The summed E-state index contributed by atoms with van der Waals surface area (Å²) in [6.07, 6.45) is 7.73. The van der Waals surface area contributed by atoms with Gasteiger partial charge in [0.25, 0.3) is 0 Å². The highest BCUT2D eigenvalue weighted by Crippen LogP contribution is 2.25. The van der Waals surface area contributed by atoms with Gasteiger partial charge in [-0.05, 0) is 60.9 Å². The minimum Gasteiger partial charge on any atom is -0.497 e. The molecule has 3 aromatic rings. The maximum atomic E-state index is 12.4. The molecule has 2 heterocycles. The molecule has 0 radical (unpaired) electrons. The number of ether oxygens (including phenoxy) is 2. The Morgan fingerprint density at radius 3 is 2.45 bits per heavy atom. The second-order valence-electron chi connectivity index (χ2n) is 7.45. The first kappa shape index (κ1) is 20.7. The fourth-order valence-corrected chi connectivity index (χ4v) is 3.68. The fourth-order valence-electron chi connectivity index (χ4n) is 3.68. The highest BCUT2D eigenvalue weighted by molar-refractivity contribution is 6.02. The molecule has 7 heteroatoms. The summed E-state index contributed by atoms with van der Waals surface area (Å²) in [5.41, 5.74) is 2.53. The summed E-state index contributed by atoms with van der Waals surface area (Å²) in [5, 5.41) is 11.6. The Morgan fingerprint density at radius 2 is 1.74 bits per heavy atom. The van der Waals surface area contributed by atoms with Gasteiger partial charge in [0, 0.05) is 36.4 Å². The summed E-state index contributed by atoms with van der Waals surface area (Å²) in [5.74, 6) is 3.07. The Kier molecular flexibility index (Phi) is 6.31. The molecule has 1 aliphatic heterocycles. The van der Waals surface area contributed by atoms with Crippen molar-refractivity contribution < 1.29 is 14.3 Å².